The highest BCUT2D eigenvalue weighted by atomic mass is 16.5. The number of carbonyl (C=O) groups excluding carboxylic acids is 1. The van der Waals surface area contributed by atoms with Gasteiger partial charge in [-0.25, -0.2) is 9.78 Å². The van der Waals surface area contributed by atoms with Crippen molar-refractivity contribution in [2.24, 2.45) is 0 Å². The van der Waals surface area contributed by atoms with Crippen LogP contribution in [0.5, 0.6) is 11.6 Å². The maximum absolute atomic E-state index is 12.8. The number of anilines is 1. The second-order valence-corrected chi connectivity index (χ2v) is 7.20. The summed E-state index contributed by atoms with van der Waals surface area (Å²) < 4.78 is 11.5. The van der Waals surface area contributed by atoms with Crippen LogP contribution in [-0.4, -0.2) is 23.6 Å². The fraction of sp³-hybridized carbons (Fsp3) is 0.478. The number of aromatic nitrogens is 1. The van der Waals surface area contributed by atoms with Crippen molar-refractivity contribution in [3.63, 3.8) is 0 Å². The molecule has 0 fully saturated rings. The van der Waals surface area contributed by atoms with Crippen LogP contribution >= 0.6 is 0 Å². The highest BCUT2D eigenvalue weighted by Gasteiger charge is 2.24. The van der Waals surface area contributed by atoms with E-state index in [1.807, 2.05) is 26.8 Å². The van der Waals surface area contributed by atoms with E-state index in [0.29, 0.717) is 17.9 Å². The van der Waals surface area contributed by atoms with Crippen LogP contribution in [0.15, 0.2) is 18.2 Å². The van der Waals surface area contributed by atoms with Crippen molar-refractivity contribution in [2.45, 2.75) is 67.3 Å². The number of aryl methyl sites for hydroxylation is 4. The Morgan fingerprint density at radius 2 is 1.64 bits per heavy atom. The maximum atomic E-state index is 12.8. The first kappa shape index (κ1) is 21.7. The lowest BCUT2D eigenvalue weighted by Crippen LogP contribution is -2.21. The molecule has 0 aliphatic carbocycles. The predicted octanol–water partition coefficient (Wildman–Crippen LogP) is 5.88. The third kappa shape index (κ3) is 5.03. The van der Waals surface area contributed by atoms with E-state index < -0.39 is 5.97 Å². The van der Waals surface area contributed by atoms with Crippen molar-refractivity contribution in [3.8, 4) is 11.6 Å². The van der Waals surface area contributed by atoms with Crippen molar-refractivity contribution in [1.82, 2.24) is 4.98 Å². The van der Waals surface area contributed by atoms with Gasteiger partial charge in [0.2, 0.25) is 5.88 Å². The van der Waals surface area contributed by atoms with E-state index in [1.54, 1.807) is 6.92 Å². The van der Waals surface area contributed by atoms with Gasteiger partial charge in [0.05, 0.1) is 12.3 Å². The van der Waals surface area contributed by atoms with Gasteiger partial charge in [-0.1, -0.05) is 31.5 Å². The zero-order valence-corrected chi connectivity index (χ0v) is 18.1. The largest absolute Gasteiger partial charge is 0.462 e. The Balaban J connectivity index is 2.59. The van der Waals surface area contributed by atoms with E-state index in [2.05, 4.69) is 43.2 Å². The van der Waals surface area contributed by atoms with Gasteiger partial charge in [0.1, 0.15) is 11.3 Å². The van der Waals surface area contributed by atoms with Crippen LogP contribution in [0.25, 0.3) is 0 Å². The number of ether oxygens (including phenoxy) is 2. The van der Waals surface area contributed by atoms with Gasteiger partial charge in [-0.2, -0.15) is 0 Å². The maximum Gasteiger partial charge on any atom is 0.345 e. The van der Waals surface area contributed by atoms with E-state index in [-0.39, 0.29) is 11.9 Å². The average Bonchev–Trinajstić information content (AvgIpc) is 2.62. The fourth-order valence-corrected chi connectivity index (χ4v) is 3.37. The molecule has 0 atom stereocenters. The lowest BCUT2D eigenvalue weighted by Gasteiger charge is -2.21. The van der Waals surface area contributed by atoms with Crippen molar-refractivity contribution < 1.29 is 14.3 Å². The molecule has 28 heavy (non-hydrogen) atoms. The van der Waals surface area contributed by atoms with Crippen LogP contribution in [0.1, 0.15) is 66.4 Å². The number of carbonyl (C=O) groups is 1. The second-order valence-electron chi connectivity index (χ2n) is 7.20. The summed E-state index contributed by atoms with van der Waals surface area (Å²) in [6, 6.07) is 6.26. The van der Waals surface area contributed by atoms with Crippen molar-refractivity contribution >= 4 is 11.7 Å². The van der Waals surface area contributed by atoms with Crippen LogP contribution < -0.4 is 10.1 Å². The van der Waals surface area contributed by atoms with E-state index in [1.165, 1.54) is 5.56 Å². The van der Waals surface area contributed by atoms with Crippen LogP contribution in [0.3, 0.4) is 0 Å². The SMILES string of the molecule is CCOC(=O)c1c(NC(CC)CC)cc(C)nc1Oc1c(C)cc(C)cc1C. The summed E-state index contributed by atoms with van der Waals surface area (Å²) in [4.78, 5) is 17.3. The third-order valence-corrected chi connectivity index (χ3v) is 4.74. The Hall–Kier alpha value is -2.56. The highest BCUT2D eigenvalue weighted by molar-refractivity contribution is 5.98. The molecule has 0 saturated heterocycles. The number of rotatable bonds is 8. The summed E-state index contributed by atoms with van der Waals surface area (Å²) in [6.45, 7) is 14.3. The molecule has 2 aromatic rings. The minimum Gasteiger partial charge on any atom is -0.462 e. The Labute approximate surface area is 168 Å². The standard InChI is InChI=1S/C23H32N2O3/c1-8-18(9-2)25-19-13-17(7)24-22(20(19)23(26)27-10-3)28-21-15(5)11-14(4)12-16(21)6/h11-13,18H,8-10H2,1-7H3,(H,24,25). The number of nitrogens with one attached hydrogen (secondary N) is 1. The quantitative estimate of drug-likeness (QED) is 0.576. The van der Waals surface area contributed by atoms with Gasteiger partial charge in [0.15, 0.2) is 0 Å². The van der Waals surface area contributed by atoms with Crippen molar-refractivity contribution in [1.29, 1.82) is 0 Å². The molecular weight excluding hydrogens is 352 g/mol. The molecule has 1 aromatic carbocycles. The highest BCUT2D eigenvalue weighted by Crippen LogP contribution is 2.34. The molecule has 2 rings (SSSR count). The Kier molecular flexibility index (Phi) is 7.44. The predicted molar refractivity (Wildman–Crippen MR) is 114 cm³/mol. The molecule has 0 spiro atoms. The summed E-state index contributed by atoms with van der Waals surface area (Å²) in [6.07, 6.45) is 1.90. The van der Waals surface area contributed by atoms with E-state index in [0.717, 1.165) is 35.4 Å². The lowest BCUT2D eigenvalue weighted by molar-refractivity contribution is 0.0523. The van der Waals surface area contributed by atoms with E-state index in [4.69, 9.17) is 9.47 Å². The Morgan fingerprint density at radius 1 is 1.04 bits per heavy atom. The minimum atomic E-state index is -0.430. The van der Waals surface area contributed by atoms with Gasteiger partial charge in [0.25, 0.3) is 0 Å². The average molecular weight is 385 g/mol. The molecule has 5 heteroatoms. The smallest absolute Gasteiger partial charge is 0.345 e. The van der Waals surface area contributed by atoms with Gasteiger partial charge in [-0.15, -0.1) is 0 Å². The molecular formula is C23H32N2O3. The number of hydrogen-bond acceptors (Lipinski definition) is 5. The zero-order valence-electron chi connectivity index (χ0n) is 18.1. The van der Waals surface area contributed by atoms with Gasteiger partial charge >= 0.3 is 5.97 Å². The minimum absolute atomic E-state index is 0.255. The van der Waals surface area contributed by atoms with Crippen LogP contribution in [0, 0.1) is 27.7 Å². The summed E-state index contributed by atoms with van der Waals surface area (Å²) in [7, 11) is 0. The Bertz CT molecular complexity index is 819. The fourth-order valence-electron chi connectivity index (χ4n) is 3.37. The summed E-state index contributed by atoms with van der Waals surface area (Å²) in [5.41, 5.74) is 5.01. The van der Waals surface area contributed by atoms with Gasteiger partial charge in [0, 0.05) is 11.7 Å². The topological polar surface area (TPSA) is 60.5 Å². The first-order valence-electron chi connectivity index (χ1n) is 10.0. The molecule has 0 unspecified atom stereocenters. The number of pyridine rings is 1. The monoisotopic (exact) mass is 384 g/mol. The van der Waals surface area contributed by atoms with E-state index >= 15 is 0 Å². The molecule has 0 bridgehead atoms. The zero-order chi connectivity index (χ0) is 20.8. The van der Waals surface area contributed by atoms with Crippen molar-refractivity contribution in [3.05, 3.63) is 46.1 Å². The van der Waals surface area contributed by atoms with Crippen LogP contribution in [-0.2, 0) is 4.74 Å². The first-order valence-corrected chi connectivity index (χ1v) is 10.0. The molecule has 0 saturated carbocycles. The number of hydrogen-bond donors (Lipinski definition) is 1. The van der Waals surface area contributed by atoms with Crippen LogP contribution in [0.4, 0.5) is 5.69 Å². The molecule has 0 amide bonds. The Morgan fingerprint density at radius 3 is 2.18 bits per heavy atom. The summed E-state index contributed by atoms with van der Waals surface area (Å²) >= 11 is 0. The summed E-state index contributed by atoms with van der Waals surface area (Å²) in [5.74, 6) is 0.575. The molecule has 0 aliphatic heterocycles. The van der Waals surface area contributed by atoms with Gasteiger partial charge < -0.3 is 14.8 Å². The molecule has 1 N–H and O–H groups in total. The lowest BCUT2D eigenvalue weighted by atomic mass is 10.1. The van der Waals surface area contributed by atoms with Crippen molar-refractivity contribution in [2.75, 3.05) is 11.9 Å². The second kappa shape index (κ2) is 9.58. The van der Waals surface area contributed by atoms with Gasteiger partial charge in [-0.05, 0) is 64.7 Å². The van der Waals surface area contributed by atoms with Gasteiger partial charge in [-0.3, -0.25) is 0 Å². The van der Waals surface area contributed by atoms with E-state index in [9.17, 15) is 4.79 Å². The molecule has 0 radical (unpaired) electrons. The number of benzene rings is 1. The normalized spacial score (nSPS) is 10.9. The third-order valence-electron chi connectivity index (χ3n) is 4.74. The number of nitrogens with zero attached hydrogens (tertiary/aromatic N) is 1. The molecule has 1 heterocycles. The molecule has 152 valence electrons. The molecule has 0 aliphatic rings. The van der Waals surface area contributed by atoms with Crippen LogP contribution in [0.2, 0.25) is 0 Å². The first-order chi connectivity index (χ1) is 13.3. The molecule has 1 aromatic heterocycles. The number of esters is 1. The summed E-state index contributed by atoms with van der Waals surface area (Å²) in [5, 5.41) is 3.47. The molecule has 5 nitrogen and oxygen atoms in total.